The van der Waals surface area contributed by atoms with Crippen molar-refractivity contribution < 1.29 is 4.79 Å². The van der Waals surface area contributed by atoms with Crippen LogP contribution in [0, 0.1) is 22.7 Å². The van der Waals surface area contributed by atoms with Crippen molar-refractivity contribution in [3.05, 3.63) is 0 Å². The minimum Gasteiger partial charge on any atom is -0.361 e. The van der Waals surface area contributed by atoms with Crippen molar-refractivity contribution in [3.63, 3.8) is 0 Å². The summed E-state index contributed by atoms with van der Waals surface area (Å²) in [4.78, 5) is 16.2. The van der Waals surface area contributed by atoms with Crippen molar-refractivity contribution in [2.75, 3.05) is 0 Å². The highest BCUT2D eigenvalue weighted by Gasteiger charge is 2.61. The van der Waals surface area contributed by atoms with Crippen LogP contribution in [0.15, 0.2) is 4.99 Å². The molecule has 4 heteroatoms. The molecule has 3 nitrogen and oxygen atoms in total. The summed E-state index contributed by atoms with van der Waals surface area (Å²) in [7, 11) is 0. The molecule has 4 atom stereocenters. The molecule has 1 N–H and O–H groups in total. The summed E-state index contributed by atoms with van der Waals surface area (Å²) in [5, 5.41) is 4.49. The Labute approximate surface area is 126 Å². The molecule has 0 aromatic carbocycles. The Morgan fingerprint density at radius 1 is 1.35 bits per heavy atom. The van der Waals surface area contributed by atoms with Gasteiger partial charge in [0, 0.05) is 6.04 Å². The van der Waals surface area contributed by atoms with Gasteiger partial charge in [0.25, 0.3) is 5.91 Å². The molecule has 3 rings (SSSR count). The second kappa shape index (κ2) is 4.49. The maximum absolute atomic E-state index is 11.9. The van der Waals surface area contributed by atoms with Crippen molar-refractivity contribution in [2.45, 2.75) is 65.2 Å². The van der Waals surface area contributed by atoms with Crippen molar-refractivity contribution in [1.82, 2.24) is 5.32 Å². The highest BCUT2D eigenvalue weighted by Crippen LogP contribution is 2.65. The molecular weight excluding hydrogens is 268 g/mol. The lowest BCUT2D eigenvalue weighted by Crippen LogP contribution is -2.46. The Kier molecular flexibility index (Phi) is 3.24. The highest BCUT2D eigenvalue weighted by molar-refractivity contribution is 8.15. The van der Waals surface area contributed by atoms with Crippen LogP contribution in [0.5, 0.6) is 0 Å². The number of carbonyl (C=O) groups is 1. The Morgan fingerprint density at radius 3 is 2.50 bits per heavy atom. The zero-order chi connectivity index (χ0) is 14.7. The number of thioether (sulfide) groups is 1. The number of aliphatic imine (C=N–C) groups is 1. The molecule has 0 spiro atoms. The van der Waals surface area contributed by atoms with Gasteiger partial charge < -0.3 is 5.32 Å². The fourth-order valence-corrected chi connectivity index (χ4v) is 5.44. The molecule has 112 valence electrons. The lowest BCUT2D eigenvalue weighted by molar-refractivity contribution is -0.117. The summed E-state index contributed by atoms with van der Waals surface area (Å²) < 4.78 is 0. The summed E-state index contributed by atoms with van der Waals surface area (Å²) >= 11 is 1.63. The van der Waals surface area contributed by atoms with E-state index in [4.69, 9.17) is 0 Å². The van der Waals surface area contributed by atoms with E-state index in [0.717, 1.165) is 11.1 Å². The number of hydrogen-bond donors (Lipinski definition) is 1. The van der Waals surface area contributed by atoms with Crippen LogP contribution >= 0.6 is 11.8 Å². The number of nitrogens with zero attached hydrogens (tertiary/aromatic N) is 1. The molecule has 1 heterocycles. The van der Waals surface area contributed by atoms with Crippen LogP contribution in [-0.2, 0) is 4.79 Å². The first-order valence-corrected chi connectivity index (χ1v) is 8.69. The van der Waals surface area contributed by atoms with Crippen molar-refractivity contribution >= 4 is 22.8 Å². The first-order chi connectivity index (χ1) is 9.25. The molecule has 1 amide bonds. The number of nitrogens with one attached hydrogen (secondary N) is 1. The number of rotatable bonds is 2. The molecule has 0 radical (unpaired) electrons. The van der Waals surface area contributed by atoms with Crippen LogP contribution in [0.4, 0.5) is 0 Å². The van der Waals surface area contributed by atoms with Gasteiger partial charge in [0.1, 0.15) is 0 Å². The summed E-state index contributed by atoms with van der Waals surface area (Å²) in [5.41, 5.74) is 0.732. The fourth-order valence-electron chi connectivity index (χ4n) is 4.42. The first-order valence-electron chi connectivity index (χ1n) is 7.81. The number of hydrogen-bond acceptors (Lipinski definition) is 3. The van der Waals surface area contributed by atoms with Gasteiger partial charge in [-0.05, 0) is 41.9 Å². The minimum absolute atomic E-state index is 0.0110. The van der Waals surface area contributed by atoms with Gasteiger partial charge in [-0.2, -0.15) is 4.99 Å². The van der Waals surface area contributed by atoms with E-state index in [1.807, 2.05) is 0 Å². The van der Waals surface area contributed by atoms with Gasteiger partial charge in [-0.15, -0.1) is 0 Å². The molecule has 20 heavy (non-hydrogen) atoms. The predicted molar refractivity (Wildman–Crippen MR) is 84.8 cm³/mol. The lowest BCUT2D eigenvalue weighted by atomic mass is 9.69. The molecule has 2 fully saturated rings. The average molecular weight is 294 g/mol. The number of amidine groups is 1. The van der Waals surface area contributed by atoms with Crippen molar-refractivity contribution in [3.8, 4) is 0 Å². The second-order valence-corrected chi connectivity index (χ2v) is 8.98. The zero-order valence-electron chi connectivity index (χ0n) is 13.2. The SMILES string of the molecule is CC(C)C1SC(N[C@@H]2CC3CC[C@]2(C)C3(C)C)=NC1=O. The molecular formula is C16H26N2OS. The second-order valence-electron chi connectivity index (χ2n) is 7.85. The molecule has 2 saturated carbocycles. The number of fused-ring (bicyclic) bond motifs is 2. The third-order valence-electron chi connectivity index (χ3n) is 6.39. The molecule has 1 aliphatic heterocycles. The Balaban J connectivity index is 1.72. The molecule has 0 aromatic rings. The van der Waals surface area contributed by atoms with Gasteiger partial charge in [0.15, 0.2) is 5.17 Å². The summed E-state index contributed by atoms with van der Waals surface area (Å²) in [6.45, 7) is 11.4. The van der Waals surface area contributed by atoms with Crippen LogP contribution in [0.1, 0.15) is 53.9 Å². The lowest BCUT2D eigenvalue weighted by Gasteiger charge is -2.39. The standard InChI is InChI=1S/C16H26N2OS/c1-9(2)12-13(19)18-14(20-12)17-11-8-10-6-7-16(11,5)15(10,3)4/h9-12H,6-8H2,1-5H3,(H,17,18,19)/t10?,11-,12?,16+/m1/s1. The molecule has 0 aromatic heterocycles. The third-order valence-corrected chi connectivity index (χ3v) is 7.82. The van der Waals surface area contributed by atoms with E-state index in [0.29, 0.717) is 22.8 Å². The normalized spacial score (nSPS) is 42.4. The summed E-state index contributed by atoms with van der Waals surface area (Å²) in [6, 6.07) is 0.473. The third kappa shape index (κ3) is 1.87. The van der Waals surface area contributed by atoms with E-state index in [1.165, 1.54) is 19.3 Å². The predicted octanol–water partition coefficient (Wildman–Crippen LogP) is 3.44. The first kappa shape index (κ1) is 14.4. The molecule has 2 unspecified atom stereocenters. The van der Waals surface area contributed by atoms with Gasteiger partial charge in [-0.3, -0.25) is 4.79 Å². The fraction of sp³-hybridized carbons (Fsp3) is 0.875. The monoisotopic (exact) mass is 294 g/mol. The number of amides is 1. The van der Waals surface area contributed by atoms with E-state index in [1.54, 1.807) is 11.8 Å². The maximum Gasteiger partial charge on any atom is 0.261 e. The van der Waals surface area contributed by atoms with Gasteiger partial charge in [-0.25, -0.2) is 0 Å². The Bertz CT molecular complexity index is 471. The minimum atomic E-state index is 0.0110. The van der Waals surface area contributed by atoms with E-state index < -0.39 is 0 Å². The zero-order valence-corrected chi connectivity index (χ0v) is 14.0. The molecule has 0 saturated heterocycles. The summed E-state index contributed by atoms with van der Waals surface area (Å²) in [5.74, 6) is 1.20. The van der Waals surface area contributed by atoms with E-state index in [2.05, 4.69) is 44.9 Å². The summed E-state index contributed by atoms with van der Waals surface area (Å²) in [6.07, 6.45) is 3.88. The van der Waals surface area contributed by atoms with Crippen LogP contribution in [0.2, 0.25) is 0 Å². The average Bonchev–Trinajstić information content (AvgIpc) is 2.87. The van der Waals surface area contributed by atoms with Gasteiger partial charge in [0.05, 0.1) is 5.25 Å². The molecule has 2 aliphatic carbocycles. The van der Waals surface area contributed by atoms with Gasteiger partial charge in [-0.1, -0.05) is 46.4 Å². The van der Waals surface area contributed by atoms with E-state index in [9.17, 15) is 4.79 Å². The Hall–Kier alpha value is -0.510. The van der Waals surface area contributed by atoms with E-state index >= 15 is 0 Å². The largest absolute Gasteiger partial charge is 0.361 e. The smallest absolute Gasteiger partial charge is 0.261 e. The van der Waals surface area contributed by atoms with Crippen molar-refractivity contribution in [2.24, 2.45) is 27.7 Å². The Morgan fingerprint density at radius 2 is 2.05 bits per heavy atom. The van der Waals surface area contributed by atoms with Crippen LogP contribution in [0.25, 0.3) is 0 Å². The van der Waals surface area contributed by atoms with Gasteiger partial charge in [0.2, 0.25) is 0 Å². The van der Waals surface area contributed by atoms with Crippen LogP contribution < -0.4 is 5.32 Å². The maximum atomic E-state index is 11.9. The topological polar surface area (TPSA) is 41.5 Å². The van der Waals surface area contributed by atoms with E-state index in [-0.39, 0.29) is 11.2 Å². The van der Waals surface area contributed by atoms with Crippen LogP contribution in [0.3, 0.4) is 0 Å². The highest BCUT2D eigenvalue weighted by atomic mass is 32.2. The van der Waals surface area contributed by atoms with Gasteiger partial charge >= 0.3 is 0 Å². The quantitative estimate of drug-likeness (QED) is 0.848. The van der Waals surface area contributed by atoms with Crippen molar-refractivity contribution in [1.29, 1.82) is 0 Å². The molecule has 3 aliphatic rings. The van der Waals surface area contributed by atoms with Crippen LogP contribution in [-0.4, -0.2) is 22.4 Å². The molecule has 2 bridgehead atoms. The number of carbonyl (C=O) groups excluding carboxylic acids is 1.